The predicted octanol–water partition coefficient (Wildman–Crippen LogP) is 3.31. The van der Waals surface area contributed by atoms with E-state index in [4.69, 9.17) is 0 Å². The van der Waals surface area contributed by atoms with Crippen molar-refractivity contribution in [2.75, 3.05) is 15.9 Å². The number of amides is 1. The van der Waals surface area contributed by atoms with Crippen molar-refractivity contribution in [1.29, 1.82) is 0 Å². The molecule has 1 amide bonds. The molecule has 8 nitrogen and oxygen atoms in total. The van der Waals surface area contributed by atoms with Gasteiger partial charge in [0.15, 0.2) is 0 Å². The number of benzene rings is 2. The van der Waals surface area contributed by atoms with Crippen LogP contribution in [-0.4, -0.2) is 31.5 Å². The number of carbonyl (C=O) groups is 1. The van der Waals surface area contributed by atoms with Crippen LogP contribution in [0.3, 0.4) is 0 Å². The molecule has 0 aliphatic heterocycles. The van der Waals surface area contributed by atoms with Crippen molar-refractivity contribution in [3.63, 3.8) is 0 Å². The van der Waals surface area contributed by atoms with Gasteiger partial charge in [0.1, 0.15) is 6.04 Å². The SMILES string of the molecule is Cc1cc(C)cc(N([C@@H](C)C(=O)Nc2cc([N+](=O)[O-])ccc2C)S(C)(=O)=O)c1. The molecule has 28 heavy (non-hydrogen) atoms. The standard InChI is InChI=1S/C19H23N3O5S/c1-12-8-13(2)10-17(9-12)21(28(5,26)27)15(4)19(23)20-18-11-16(22(24)25)7-6-14(18)3/h6-11,15H,1-5H3,(H,20,23)/t15-/m0/s1. The molecule has 0 fully saturated rings. The van der Waals surface area contributed by atoms with E-state index in [2.05, 4.69) is 5.32 Å². The van der Waals surface area contributed by atoms with E-state index in [0.29, 0.717) is 11.3 Å². The molecular formula is C19H23N3O5S. The highest BCUT2D eigenvalue weighted by molar-refractivity contribution is 7.92. The lowest BCUT2D eigenvalue weighted by atomic mass is 10.1. The third-order valence-electron chi connectivity index (χ3n) is 4.24. The van der Waals surface area contributed by atoms with E-state index in [-0.39, 0.29) is 11.4 Å². The summed E-state index contributed by atoms with van der Waals surface area (Å²) in [5.41, 5.74) is 2.85. The van der Waals surface area contributed by atoms with E-state index < -0.39 is 26.9 Å². The Labute approximate surface area is 164 Å². The molecule has 1 N–H and O–H groups in total. The Kier molecular flexibility index (Phi) is 6.08. The number of nitrogens with one attached hydrogen (secondary N) is 1. The largest absolute Gasteiger partial charge is 0.324 e. The predicted molar refractivity (Wildman–Crippen MR) is 109 cm³/mol. The molecule has 0 spiro atoms. The molecule has 2 aromatic carbocycles. The van der Waals surface area contributed by atoms with Crippen LogP contribution in [0.25, 0.3) is 0 Å². The van der Waals surface area contributed by atoms with Gasteiger partial charge in [-0.25, -0.2) is 8.42 Å². The molecule has 2 aromatic rings. The Morgan fingerprint density at radius 2 is 1.68 bits per heavy atom. The molecule has 2 rings (SSSR count). The first-order valence-corrected chi connectivity index (χ1v) is 10.4. The Morgan fingerprint density at radius 1 is 1.11 bits per heavy atom. The molecule has 150 valence electrons. The van der Waals surface area contributed by atoms with Crippen LogP contribution in [0.4, 0.5) is 17.1 Å². The lowest BCUT2D eigenvalue weighted by Crippen LogP contribution is -2.45. The Bertz CT molecular complexity index is 1010. The Balaban J connectivity index is 2.40. The van der Waals surface area contributed by atoms with Crippen LogP contribution in [0.15, 0.2) is 36.4 Å². The van der Waals surface area contributed by atoms with Gasteiger partial charge in [0.05, 0.1) is 22.6 Å². The third kappa shape index (κ3) is 4.86. The molecule has 0 bridgehead atoms. The number of rotatable bonds is 6. The van der Waals surface area contributed by atoms with E-state index in [1.807, 2.05) is 19.9 Å². The summed E-state index contributed by atoms with van der Waals surface area (Å²) in [4.78, 5) is 23.2. The summed E-state index contributed by atoms with van der Waals surface area (Å²) in [6.45, 7) is 6.85. The molecule has 0 saturated heterocycles. The van der Waals surface area contributed by atoms with Crippen LogP contribution in [-0.2, 0) is 14.8 Å². The van der Waals surface area contributed by atoms with E-state index in [9.17, 15) is 23.3 Å². The van der Waals surface area contributed by atoms with Gasteiger partial charge in [-0.3, -0.25) is 19.2 Å². The van der Waals surface area contributed by atoms with Gasteiger partial charge >= 0.3 is 0 Å². The molecule has 0 aliphatic rings. The molecule has 0 aromatic heterocycles. The lowest BCUT2D eigenvalue weighted by Gasteiger charge is -2.29. The van der Waals surface area contributed by atoms with Crippen molar-refractivity contribution in [1.82, 2.24) is 0 Å². The molecule has 1 atom stereocenters. The average molecular weight is 405 g/mol. The van der Waals surface area contributed by atoms with Crippen LogP contribution < -0.4 is 9.62 Å². The summed E-state index contributed by atoms with van der Waals surface area (Å²) in [6, 6.07) is 8.34. The highest BCUT2D eigenvalue weighted by atomic mass is 32.2. The minimum Gasteiger partial charge on any atom is -0.324 e. The van der Waals surface area contributed by atoms with Crippen LogP contribution in [0.1, 0.15) is 23.6 Å². The zero-order chi connectivity index (χ0) is 21.2. The number of anilines is 2. The zero-order valence-electron chi connectivity index (χ0n) is 16.4. The Morgan fingerprint density at radius 3 is 2.18 bits per heavy atom. The number of aryl methyl sites for hydroxylation is 3. The molecule has 0 radical (unpaired) electrons. The highest BCUT2D eigenvalue weighted by Gasteiger charge is 2.30. The van der Waals surface area contributed by atoms with Gasteiger partial charge in [-0.1, -0.05) is 12.1 Å². The van der Waals surface area contributed by atoms with Gasteiger partial charge in [-0.15, -0.1) is 0 Å². The van der Waals surface area contributed by atoms with Crippen molar-refractivity contribution in [3.8, 4) is 0 Å². The summed E-state index contributed by atoms with van der Waals surface area (Å²) in [6.07, 6.45) is 1.03. The maximum absolute atomic E-state index is 12.8. The average Bonchev–Trinajstić information content (AvgIpc) is 2.54. The quantitative estimate of drug-likeness (QED) is 0.586. The van der Waals surface area contributed by atoms with Gasteiger partial charge in [-0.2, -0.15) is 0 Å². The molecular weight excluding hydrogens is 382 g/mol. The van der Waals surface area contributed by atoms with Crippen LogP contribution in [0.2, 0.25) is 0 Å². The first-order chi connectivity index (χ1) is 12.9. The number of carbonyl (C=O) groups excluding carboxylic acids is 1. The second-order valence-electron chi connectivity index (χ2n) is 6.83. The molecule has 0 saturated carbocycles. The Hall–Kier alpha value is -2.94. The summed E-state index contributed by atoms with van der Waals surface area (Å²) >= 11 is 0. The number of nitro benzene ring substituents is 1. The topological polar surface area (TPSA) is 110 Å². The number of hydrogen-bond acceptors (Lipinski definition) is 5. The van der Waals surface area contributed by atoms with Crippen molar-refractivity contribution >= 4 is 33.0 Å². The second kappa shape index (κ2) is 7.97. The van der Waals surface area contributed by atoms with Crippen molar-refractivity contribution in [2.24, 2.45) is 0 Å². The number of non-ortho nitro benzene ring substituents is 1. The molecule has 9 heteroatoms. The summed E-state index contributed by atoms with van der Waals surface area (Å²) < 4.78 is 25.9. The van der Waals surface area contributed by atoms with Gasteiger partial charge in [-0.05, 0) is 56.5 Å². The maximum atomic E-state index is 12.8. The monoisotopic (exact) mass is 405 g/mol. The van der Waals surface area contributed by atoms with Crippen LogP contribution >= 0.6 is 0 Å². The molecule has 0 heterocycles. The minimum absolute atomic E-state index is 0.164. The van der Waals surface area contributed by atoms with E-state index in [1.54, 1.807) is 19.1 Å². The van der Waals surface area contributed by atoms with Crippen molar-refractivity contribution in [3.05, 3.63) is 63.2 Å². The summed E-state index contributed by atoms with van der Waals surface area (Å²) in [7, 11) is -3.76. The number of nitro groups is 1. The van der Waals surface area contributed by atoms with Gasteiger partial charge in [0.25, 0.3) is 5.69 Å². The van der Waals surface area contributed by atoms with Crippen LogP contribution in [0.5, 0.6) is 0 Å². The smallest absolute Gasteiger partial charge is 0.271 e. The number of sulfonamides is 1. The lowest BCUT2D eigenvalue weighted by molar-refractivity contribution is -0.384. The molecule has 0 unspecified atom stereocenters. The summed E-state index contributed by atoms with van der Waals surface area (Å²) in [5.74, 6) is -0.590. The zero-order valence-corrected chi connectivity index (χ0v) is 17.2. The van der Waals surface area contributed by atoms with Crippen LogP contribution in [0, 0.1) is 30.9 Å². The number of hydrogen-bond donors (Lipinski definition) is 1. The van der Waals surface area contributed by atoms with Crippen molar-refractivity contribution < 1.29 is 18.1 Å². The highest BCUT2D eigenvalue weighted by Crippen LogP contribution is 2.26. The second-order valence-corrected chi connectivity index (χ2v) is 8.69. The van der Waals surface area contributed by atoms with Gasteiger partial charge in [0, 0.05) is 12.1 Å². The fourth-order valence-corrected chi connectivity index (χ4v) is 4.14. The van der Waals surface area contributed by atoms with E-state index >= 15 is 0 Å². The number of nitrogens with zero attached hydrogens (tertiary/aromatic N) is 2. The van der Waals surface area contributed by atoms with Crippen molar-refractivity contribution in [2.45, 2.75) is 33.7 Å². The first kappa shape index (κ1) is 21.4. The van der Waals surface area contributed by atoms with E-state index in [0.717, 1.165) is 21.7 Å². The van der Waals surface area contributed by atoms with Gasteiger partial charge < -0.3 is 5.32 Å². The normalized spacial score (nSPS) is 12.3. The third-order valence-corrected chi connectivity index (χ3v) is 5.48. The minimum atomic E-state index is -3.76. The molecule has 0 aliphatic carbocycles. The fraction of sp³-hybridized carbons (Fsp3) is 0.316. The summed E-state index contributed by atoms with van der Waals surface area (Å²) in [5, 5.41) is 13.6. The van der Waals surface area contributed by atoms with Gasteiger partial charge in [0.2, 0.25) is 15.9 Å². The van der Waals surface area contributed by atoms with E-state index in [1.165, 1.54) is 25.1 Å². The first-order valence-electron chi connectivity index (χ1n) is 8.53. The fourth-order valence-electron chi connectivity index (χ4n) is 2.98. The maximum Gasteiger partial charge on any atom is 0.271 e.